The maximum atomic E-state index is 12.0. The van der Waals surface area contributed by atoms with Gasteiger partial charge in [-0.05, 0) is 42.9 Å². The molecule has 0 aliphatic heterocycles. The van der Waals surface area contributed by atoms with Gasteiger partial charge in [-0.3, -0.25) is 4.79 Å². The molecule has 1 aromatic carbocycles. The fraction of sp³-hybridized carbons (Fsp3) is 0.462. The minimum absolute atomic E-state index is 0.0438. The number of carbonyl (C=O) groups is 1. The van der Waals surface area contributed by atoms with E-state index in [1.807, 2.05) is 0 Å². The largest absolute Gasteiger partial charge is 0.399 e. The fourth-order valence-corrected chi connectivity index (χ4v) is 2.46. The van der Waals surface area contributed by atoms with Gasteiger partial charge >= 0.3 is 0 Å². The smallest absolute Gasteiger partial charge is 0.251 e. The lowest BCUT2D eigenvalue weighted by molar-refractivity contribution is 0.0944. The maximum Gasteiger partial charge on any atom is 0.251 e. The molecule has 0 aromatic heterocycles. The van der Waals surface area contributed by atoms with Crippen LogP contribution in [0.25, 0.3) is 0 Å². The predicted octanol–water partition coefficient (Wildman–Crippen LogP) is 2.95. The molecule has 2 rings (SSSR count). The molecular formula is C13H17BrN2O. The van der Waals surface area contributed by atoms with Crippen LogP contribution in [0.3, 0.4) is 0 Å². The molecule has 3 N–H and O–H groups in total. The first-order chi connectivity index (χ1) is 8.04. The van der Waals surface area contributed by atoms with Crippen LogP contribution in [0.4, 0.5) is 5.69 Å². The zero-order valence-corrected chi connectivity index (χ0v) is 11.5. The van der Waals surface area contributed by atoms with Crippen molar-refractivity contribution in [3.8, 4) is 0 Å². The van der Waals surface area contributed by atoms with Gasteiger partial charge in [0.15, 0.2) is 0 Å². The van der Waals surface area contributed by atoms with Gasteiger partial charge in [0, 0.05) is 22.3 Å². The van der Waals surface area contributed by atoms with E-state index in [4.69, 9.17) is 5.73 Å². The molecule has 0 heterocycles. The Morgan fingerprint density at radius 1 is 1.47 bits per heavy atom. The molecule has 1 aromatic rings. The summed E-state index contributed by atoms with van der Waals surface area (Å²) in [6.45, 7) is 2.95. The van der Waals surface area contributed by atoms with Crippen LogP contribution in [0.2, 0.25) is 0 Å². The number of nitrogen functional groups attached to an aromatic ring is 1. The van der Waals surface area contributed by atoms with Crippen LogP contribution in [-0.2, 0) is 0 Å². The minimum atomic E-state index is -0.0438. The van der Waals surface area contributed by atoms with Crippen molar-refractivity contribution in [1.82, 2.24) is 5.32 Å². The maximum absolute atomic E-state index is 12.0. The third-order valence-electron chi connectivity index (χ3n) is 3.51. The molecule has 1 amide bonds. The van der Waals surface area contributed by atoms with Gasteiger partial charge in [0.05, 0.1) is 0 Å². The predicted molar refractivity (Wildman–Crippen MR) is 72.8 cm³/mol. The Bertz CT molecular complexity index is 421. The second-order valence-corrected chi connectivity index (χ2v) is 5.73. The van der Waals surface area contributed by atoms with Gasteiger partial charge in [0.2, 0.25) is 0 Å². The topological polar surface area (TPSA) is 55.1 Å². The van der Waals surface area contributed by atoms with Gasteiger partial charge in [-0.1, -0.05) is 22.9 Å². The van der Waals surface area contributed by atoms with Crippen molar-refractivity contribution in [3.05, 3.63) is 28.2 Å². The Morgan fingerprint density at radius 2 is 2.18 bits per heavy atom. The van der Waals surface area contributed by atoms with Crippen molar-refractivity contribution in [2.24, 2.45) is 5.41 Å². The van der Waals surface area contributed by atoms with Crippen LogP contribution in [0.5, 0.6) is 0 Å². The summed E-state index contributed by atoms with van der Waals surface area (Å²) in [6, 6.07) is 5.27. The lowest BCUT2D eigenvalue weighted by Gasteiger charge is -2.13. The van der Waals surface area contributed by atoms with E-state index >= 15 is 0 Å². The number of hydrogen-bond acceptors (Lipinski definition) is 2. The highest BCUT2D eigenvalue weighted by molar-refractivity contribution is 9.10. The van der Waals surface area contributed by atoms with Crippen LogP contribution in [0.15, 0.2) is 22.7 Å². The highest BCUT2D eigenvalue weighted by atomic mass is 79.9. The lowest BCUT2D eigenvalue weighted by Crippen LogP contribution is -2.30. The molecule has 0 unspecified atom stereocenters. The van der Waals surface area contributed by atoms with Crippen LogP contribution >= 0.6 is 15.9 Å². The molecule has 1 saturated carbocycles. The van der Waals surface area contributed by atoms with E-state index in [0.717, 1.165) is 17.4 Å². The van der Waals surface area contributed by atoms with Crippen LogP contribution in [0, 0.1) is 5.41 Å². The Hall–Kier alpha value is -1.03. The quantitative estimate of drug-likeness (QED) is 0.840. The van der Waals surface area contributed by atoms with Crippen LogP contribution in [-0.4, -0.2) is 12.5 Å². The summed E-state index contributed by atoms with van der Waals surface area (Å²) < 4.78 is 0.833. The Kier molecular flexibility index (Phi) is 3.43. The number of anilines is 1. The number of nitrogens with two attached hydrogens (primary N) is 1. The Morgan fingerprint density at radius 3 is 2.71 bits per heavy atom. The van der Waals surface area contributed by atoms with Crippen molar-refractivity contribution < 1.29 is 4.79 Å². The van der Waals surface area contributed by atoms with Gasteiger partial charge in [0.1, 0.15) is 0 Å². The van der Waals surface area contributed by atoms with E-state index in [2.05, 4.69) is 28.2 Å². The summed E-state index contributed by atoms with van der Waals surface area (Å²) in [5.41, 5.74) is 7.29. The van der Waals surface area contributed by atoms with Crippen molar-refractivity contribution in [2.75, 3.05) is 12.3 Å². The molecule has 1 aliphatic carbocycles. The molecule has 0 bridgehead atoms. The van der Waals surface area contributed by atoms with E-state index in [-0.39, 0.29) is 5.91 Å². The van der Waals surface area contributed by atoms with Gasteiger partial charge in [0.25, 0.3) is 5.91 Å². The molecule has 17 heavy (non-hydrogen) atoms. The van der Waals surface area contributed by atoms with Gasteiger partial charge in [-0.15, -0.1) is 0 Å². The SMILES string of the molecule is CCC1(CNC(=O)c2cc(N)cc(Br)c2)CC1. The molecule has 1 aliphatic rings. The van der Waals surface area contributed by atoms with E-state index in [0.29, 0.717) is 16.7 Å². The summed E-state index contributed by atoms with van der Waals surface area (Å²) in [5, 5.41) is 2.99. The zero-order valence-electron chi connectivity index (χ0n) is 9.92. The monoisotopic (exact) mass is 296 g/mol. The van der Waals surface area contributed by atoms with Crippen LogP contribution in [0.1, 0.15) is 36.5 Å². The Balaban J connectivity index is 1.99. The molecule has 4 heteroatoms. The number of hydrogen-bond donors (Lipinski definition) is 2. The number of nitrogens with one attached hydrogen (secondary N) is 1. The molecule has 0 saturated heterocycles. The first kappa shape index (κ1) is 12.4. The fourth-order valence-electron chi connectivity index (χ4n) is 1.95. The zero-order chi connectivity index (χ0) is 12.5. The summed E-state index contributed by atoms with van der Waals surface area (Å²) >= 11 is 3.34. The average molecular weight is 297 g/mol. The first-order valence-electron chi connectivity index (χ1n) is 5.89. The van der Waals surface area contributed by atoms with Gasteiger partial charge in [-0.2, -0.15) is 0 Å². The third-order valence-corrected chi connectivity index (χ3v) is 3.97. The van der Waals surface area contributed by atoms with Crippen LogP contribution < -0.4 is 11.1 Å². The molecule has 92 valence electrons. The van der Waals surface area contributed by atoms with Gasteiger partial charge in [-0.25, -0.2) is 0 Å². The molecule has 3 nitrogen and oxygen atoms in total. The van der Waals surface area contributed by atoms with Crippen molar-refractivity contribution in [2.45, 2.75) is 26.2 Å². The minimum Gasteiger partial charge on any atom is -0.399 e. The molecule has 0 radical (unpaired) electrons. The lowest BCUT2D eigenvalue weighted by atomic mass is 10.0. The highest BCUT2D eigenvalue weighted by Crippen LogP contribution is 2.47. The summed E-state index contributed by atoms with van der Waals surface area (Å²) in [6.07, 6.45) is 3.59. The second-order valence-electron chi connectivity index (χ2n) is 4.81. The number of rotatable bonds is 4. The molecule has 0 spiro atoms. The standard InChI is InChI=1S/C13H17BrN2O/c1-2-13(3-4-13)8-16-12(17)9-5-10(14)7-11(15)6-9/h5-7H,2-4,8,15H2,1H3,(H,16,17). The van der Waals surface area contributed by atoms with E-state index in [1.165, 1.54) is 12.8 Å². The first-order valence-corrected chi connectivity index (χ1v) is 6.68. The molecular weight excluding hydrogens is 280 g/mol. The molecule has 0 atom stereocenters. The number of amides is 1. The van der Waals surface area contributed by atoms with Crippen molar-refractivity contribution in [3.63, 3.8) is 0 Å². The van der Waals surface area contributed by atoms with E-state index < -0.39 is 0 Å². The average Bonchev–Trinajstić information content (AvgIpc) is 3.05. The number of benzene rings is 1. The van der Waals surface area contributed by atoms with Crippen molar-refractivity contribution >= 4 is 27.5 Å². The Labute approximate surface area is 110 Å². The van der Waals surface area contributed by atoms with E-state index in [1.54, 1.807) is 18.2 Å². The van der Waals surface area contributed by atoms with Gasteiger partial charge < -0.3 is 11.1 Å². The summed E-state index contributed by atoms with van der Waals surface area (Å²) in [7, 11) is 0. The third kappa shape index (κ3) is 3.00. The second kappa shape index (κ2) is 4.69. The summed E-state index contributed by atoms with van der Waals surface area (Å²) in [5.74, 6) is -0.0438. The number of carbonyl (C=O) groups excluding carboxylic acids is 1. The highest BCUT2D eigenvalue weighted by Gasteiger charge is 2.40. The van der Waals surface area contributed by atoms with Crippen molar-refractivity contribution in [1.29, 1.82) is 0 Å². The normalized spacial score (nSPS) is 16.6. The van der Waals surface area contributed by atoms with E-state index in [9.17, 15) is 4.79 Å². The molecule has 1 fully saturated rings. The summed E-state index contributed by atoms with van der Waals surface area (Å²) in [4.78, 5) is 12.0. The number of halogens is 1.